The number of fused-ring (bicyclic) bond motifs is 1. The summed E-state index contributed by atoms with van der Waals surface area (Å²) in [6.45, 7) is 5.95. The summed E-state index contributed by atoms with van der Waals surface area (Å²) in [4.78, 5) is 34.7. The number of hydrogen-bond acceptors (Lipinski definition) is 7. The summed E-state index contributed by atoms with van der Waals surface area (Å²) in [6, 6.07) is 0. The van der Waals surface area contributed by atoms with Crippen LogP contribution >= 0.6 is 0 Å². The van der Waals surface area contributed by atoms with Gasteiger partial charge in [-0.05, 0) is 43.1 Å². The van der Waals surface area contributed by atoms with Gasteiger partial charge in [0.05, 0.1) is 11.7 Å². The van der Waals surface area contributed by atoms with Crippen LogP contribution in [0.5, 0.6) is 0 Å². The zero-order chi connectivity index (χ0) is 19.4. The molecular weight excluding hydrogens is 340 g/mol. The summed E-state index contributed by atoms with van der Waals surface area (Å²) in [6.07, 6.45) is 2.11. The van der Waals surface area contributed by atoms with Crippen LogP contribution in [0.15, 0.2) is 34.4 Å². The average molecular weight is 364 g/mol. The number of esters is 3. The number of aliphatic hydroxyl groups excluding tert-OH is 1. The third-order valence-electron chi connectivity index (χ3n) is 4.47. The molecule has 0 saturated carbocycles. The lowest BCUT2D eigenvalue weighted by molar-refractivity contribution is -0.146. The van der Waals surface area contributed by atoms with E-state index in [-0.39, 0.29) is 13.0 Å². The number of hydrogen-bond donors (Lipinski definition) is 1. The Morgan fingerprint density at radius 1 is 1.23 bits per heavy atom. The van der Waals surface area contributed by atoms with Crippen LogP contribution < -0.4 is 0 Å². The fourth-order valence-corrected chi connectivity index (χ4v) is 2.93. The third kappa shape index (κ3) is 4.82. The van der Waals surface area contributed by atoms with Crippen molar-refractivity contribution in [2.24, 2.45) is 0 Å². The van der Waals surface area contributed by atoms with Crippen LogP contribution in [0.2, 0.25) is 0 Å². The maximum absolute atomic E-state index is 12.2. The molecule has 0 saturated heterocycles. The Kier molecular flexibility index (Phi) is 6.37. The van der Waals surface area contributed by atoms with Crippen molar-refractivity contribution < 1.29 is 33.7 Å². The summed E-state index contributed by atoms with van der Waals surface area (Å²) < 4.78 is 15.7. The summed E-state index contributed by atoms with van der Waals surface area (Å²) in [7, 11) is 0. The molecule has 7 nitrogen and oxygen atoms in total. The number of carbonyl (C=O) groups is 3. The molecule has 26 heavy (non-hydrogen) atoms. The summed E-state index contributed by atoms with van der Waals surface area (Å²) in [5, 5.41) is 10.4. The maximum atomic E-state index is 12.2. The lowest BCUT2D eigenvalue weighted by atomic mass is 9.92. The highest BCUT2D eigenvalue weighted by Gasteiger charge is 2.34. The molecule has 1 aliphatic heterocycles. The number of rotatable bonds is 3. The molecule has 0 bridgehead atoms. The summed E-state index contributed by atoms with van der Waals surface area (Å²) in [5.74, 6) is -1.48. The van der Waals surface area contributed by atoms with E-state index in [1.165, 1.54) is 13.8 Å². The van der Waals surface area contributed by atoms with E-state index >= 15 is 0 Å². The molecule has 1 heterocycles. The Morgan fingerprint density at radius 3 is 2.54 bits per heavy atom. The SMILES string of the molecule is CC(=O)OCC1=C2C/C=C(/C)[C@@H](O)C[C@H](OC(C)=O)/C(C)=C\[C@H]2OC1=O. The second kappa shape index (κ2) is 8.31. The van der Waals surface area contributed by atoms with E-state index in [4.69, 9.17) is 14.2 Å². The van der Waals surface area contributed by atoms with Gasteiger partial charge in [-0.1, -0.05) is 6.08 Å². The van der Waals surface area contributed by atoms with Crippen molar-refractivity contribution >= 4 is 17.9 Å². The van der Waals surface area contributed by atoms with Gasteiger partial charge in [0.15, 0.2) is 0 Å². The Labute approximate surface area is 152 Å². The molecule has 142 valence electrons. The van der Waals surface area contributed by atoms with Gasteiger partial charge < -0.3 is 19.3 Å². The van der Waals surface area contributed by atoms with Crippen molar-refractivity contribution in [3.8, 4) is 0 Å². The van der Waals surface area contributed by atoms with Crippen molar-refractivity contribution in [2.75, 3.05) is 6.61 Å². The fraction of sp³-hybridized carbons (Fsp3) is 0.526. The Hall–Kier alpha value is -2.41. The predicted molar refractivity (Wildman–Crippen MR) is 91.8 cm³/mol. The van der Waals surface area contributed by atoms with E-state index in [1.54, 1.807) is 19.9 Å². The van der Waals surface area contributed by atoms with E-state index in [9.17, 15) is 19.5 Å². The second-order valence-corrected chi connectivity index (χ2v) is 6.52. The van der Waals surface area contributed by atoms with Crippen LogP contribution in [0.25, 0.3) is 0 Å². The molecule has 1 N–H and O–H groups in total. The molecule has 0 aromatic carbocycles. The van der Waals surface area contributed by atoms with Gasteiger partial charge in [-0.2, -0.15) is 0 Å². The minimum Gasteiger partial charge on any atom is -0.461 e. The van der Waals surface area contributed by atoms with Crippen LogP contribution in [0, 0.1) is 0 Å². The van der Waals surface area contributed by atoms with Gasteiger partial charge in [0.25, 0.3) is 0 Å². The van der Waals surface area contributed by atoms with Crippen molar-refractivity contribution in [1.29, 1.82) is 0 Å². The van der Waals surface area contributed by atoms with E-state index in [0.717, 1.165) is 0 Å². The summed E-state index contributed by atoms with van der Waals surface area (Å²) >= 11 is 0. The largest absolute Gasteiger partial charge is 0.461 e. The van der Waals surface area contributed by atoms with Gasteiger partial charge >= 0.3 is 17.9 Å². The minimum absolute atomic E-state index is 0.157. The Balaban J connectivity index is 2.42. The maximum Gasteiger partial charge on any atom is 0.338 e. The highest BCUT2D eigenvalue weighted by molar-refractivity contribution is 5.93. The Bertz CT molecular complexity index is 699. The first-order valence-electron chi connectivity index (χ1n) is 8.45. The number of aliphatic hydroxyl groups is 1. The standard InChI is InChI=1S/C19H24O7/c1-10-5-6-14-15(9-24-12(3)20)19(23)26-18(14)7-11(2)17(8-16(10)22)25-13(4)21/h5,7,16-18,22H,6,8-9H2,1-4H3/b10-5-,11-7-/t16-,17-,18+/m0/s1. The molecule has 0 aromatic rings. The van der Waals surface area contributed by atoms with Crippen molar-refractivity contribution in [3.63, 3.8) is 0 Å². The summed E-state index contributed by atoms with van der Waals surface area (Å²) in [5.41, 5.74) is 2.36. The molecule has 0 radical (unpaired) electrons. The lowest BCUT2D eigenvalue weighted by Crippen LogP contribution is -2.26. The highest BCUT2D eigenvalue weighted by Crippen LogP contribution is 2.31. The molecular formula is C19H24O7. The van der Waals surface area contributed by atoms with Crippen molar-refractivity contribution in [3.05, 3.63) is 34.4 Å². The number of allylic oxidation sites excluding steroid dienone is 1. The van der Waals surface area contributed by atoms with Crippen molar-refractivity contribution in [2.45, 2.75) is 58.8 Å². The average Bonchev–Trinajstić information content (AvgIpc) is 2.83. The predicted octanol–water partition coefficient (Wildman–Crippen LogP) is 1.75. The first-order chi connectivity index (χ1) is 12.2. The van der Waals surface area contributed by atoms with Crippen LogP contribution in [-0.2, 0) is 28.6 Å². The molecule has 2 aliphatic rings. The van der Waals surface area contributed by atoms with Gasteiger partial charge in [-0.25, -0.2) is 4.79 Å². The molecule has 7 heteroatoms. The van der Waals surface area contributed by atoms with E-state index < -0.39 is 36.2 Å². The van der Waals surface area contributed by atoms with Gasteiger partial charge in [-0.15, -0.1) is 0 Å². The van der Waals surface area contributed by atoms with Gasteiger partial charge in [0, 0.05) is 20.3 Å². The fourth-order valence-electron chi connectivity index (χ4n) is 2.93. The highest BCUT2D eigenvalue weighted by atomic mass is 16.6. The quantitative estimate of drug-likeness (QED) is 0.463. The van der Waals surface area contributed by atoms with Crippen LogP contribution in [0.3, 0.4) is 0 Å². The van der Waals surface area contributed by atoms with Crippen LogP contribution in [0.4, 0.5) is 0 Å². The molecule has 0 aromatic heterocycles. The van der Waals surface area contributed by atoms with Crippen LogP contribution in [-0.4, -0.2) is 47.9 Å². The van der Waals surface area contributed by atoms with E-state index in [0.29, 0.717) is 28.7 Å². The number of ether oxygens (including phenoxy) is 3. The first kappa shape index (κ1) is 19.9. The molecule has 0 spiro atoms. The zero-order valence-electron chi connectivity index (χ0n) is 15.4. The molecule has 2 rings (SSSR count). The smallest absolute Gasteiger partial charge is 0.338 e. The number of carbonyl (C=O) groups excluding carboxylic acids is 3. The lowest BCUT2D eigenvalue weighted by Gasteiger charge is -2.24. The van der Waals surface area contributed by atoms with Gasteiger partial charge in [0.1, 0.15) is 18.8 Å². The van der Waals surface area contributed by atoms with E-state index in [1.807, 2.05) is 6.08 Å². The molecule has 0 fully saturated rings. The monoisotopic (exact) mass is 364 g/mol. The van der Waals surface area contributed by atoms with Crippen molar-refractivity contribution in [1.82, 2.24) is 0 Å². The zero-order valence-corrected chi connectivity index (χ0v) is 15.4. The third-order valence-corrected chi connectivity index (χ3v) is 4.47. The van der Waals surface area contributed by atoms with Gasteiger partial charge in [-0.3, -0.25) is 9.59 Å². The molecule has 0 unspecified atom stereocenters. The van der Waals surface area contributed by atoms with E-state index in [2.05, 4.69) is 0 Å². The molecule has 3 atom stereocenters. The van der Waals surface area contributed by atoms with Gasteiger partial charge in [0.2, 0.25) is 0 Å². The second-order valence-electron chi connectivity index (χ2n) is 6.52. The molecule has 1 aliphatic carbocycles. The first-order valence-corrected chi connectivity index (χ1v) is 8.45. The van der Waals surface area contributed by atoms with Crippen LogP contribution in [0.1, 0.15) is 40.5 Å². The topological polar surface area (TPSA) is 99.1 Å². The molecule has 0 amide bonds. The minimum atomic E-state index is -0.783. The normalized spacial score (nSPS) is 30.3. The Morgan fingerprint density at radius 2 is 1.92 bits per heavy atom.